The van der Waals surface area contributed by atoms with Crippen molar-refractivity contribution >= 4 is 44.6 Å². The van der Waals surface area contributed by atoms with Gasteiger partial charge in [-0.15, -0.1) is 0 Å². The summed E-state index contributed by atoms with van der Waals surface area (Å²) in [4.78, 5) is 61.9. The molecule has 3 N–H and O–H groups in total. The Morgan fingerprint density at radius 1 is 0.983 bits per heavy atom. The van der Waals surface area contributed by atoms with E-state index in [1.165, 1.54) is 4.90 Å². The molecule has 0 unspecified atom stereocenters. The number of nitrogens with one attached hydrogen (secondary N) is 3. The number of halogens is 3. The Hall–Kier alpha value is -4.61. The van der Waals surface area contributed by atoms with Gasteiger partial charge in [0.2, 0.25) is 33.3 Å². The minimum absolute atomic E-state index is 0.0307. The highest BCUT2D eigenvalue weighted by molar-refractivity contribution is 7.91. The van der Waals surface area contributed by atoms with Gasteiger partial charge in [0, 0.05) is 23.1 Å². The lowest BCUT2D eigenvalue weighted by Crippen LogP contribution is -2.59. The van der Waals surface area contributed by atoms with Gasteiger partial charge in [0.05, 0.1) is 24.1 Å². The number of nitrogens with zero attached hydrogens (tertiary/aromatic N) is 2. The Labute approximate surface area is 335 Å². The Bertz CT molecular complexity index is 2090. The summed E-state index contributed by atoms with van der Waals surface area (Å²) in [7, 11) is -3.98. The van der Waals surface area contributed by atoms with E-state index in [1.807, 2.05) is 25.1 Å². The summed E-state index contributed by atoms with van der Waals surface area (Å²) in [5.41, 5.74) is -4.50. The molecular weight excluding hydrogens is 784 g/mol. The molecule has 0 radical (unpaired) electrons. The molecule has 2 aliphatic heterocycles. The fraction of sp³-hybridized carbons (Fsp3) is 0.625. The van der Waals surface area contributed by atoms with Gasteiger partial charge in [-0.2, -0.15) is 13.2 Å². The Balaban J connectivity index is 1.21. The second-order valence-corrected chi connectivity index (χ2v) is 19.0. The number of carbonyl (C=O) groups excluding carboxylic acids is 4. The smallest absolute Gasteiger partial charge is 0.427 e. The van der Waals surface area contributed by atoms with Crippen molar-refractivity contribution in [1.29, 1.82) is 0 Å². The zero-order valence-corrected chi connectivity index (χ0v) is 33.7. The quantitative estimate of drug-likeness (QED) is 0.289. The molecule has 0 bridgehead atoms. The molecule has 316 valence electrons. The van der Waals surface area contributed by atoms with Crippen LogP contribution >= 0.6 is 0 Å². The molecule has 2 aromatic rings. The maximum atomic E-state index is 14.8. The number of hydrogen-bond donors (Lipinski definition) is 3. The monoisotopic (exact) mass is 833 g/mol. The van der Waals surface area contributed by atoms with Crippen LogP contribution in [0, 0.1) is 17.8 Å². The zero-order chi connectivity index (χ0) is 41.8. The standard InChI is InChI=1S/C40H50F3N5O9S/c1-22-9-5-6-10-24-19-39(24,36(51)47-58(53,54)27-15-16-27)46-33(49)30-18-26(56-34-29-12-8-7-11-28(29)31(20-44-34)55-25-13-14-25)21-48(30)35(50)32(23(2)17-22)45-37(52)57-38(3,4)40(41,42)43/h6-8,10-12,20,22-27,30,32H,5,9,13-19,21H2,1-4H3,(H,45,52)(H,46,49)(H,47,51)/b10-6-/t22-,23-,24-,26-,30+,32+,39-/m1/s1. The van der Waals surface area contributed by atoms with Gasteiger partial charge in [0.15, 0.2) is 0 Å². The average molecular weight is 834 g/mol. The lowest BCUT2D eigenvalue weighted by Gasteiger charge is -2.34. The third kappa shape index (κ3) is 8.86. The molecule has 1 aromatic heterocycles. The van der Waals surface area contributed by atoms with E-state index in [9.17, 15) is 40.8 Å². The number of aromatic nitrogens is 1. The second kappa shape index (κ2) is 15.5. The van der Waals surface area contributed by atoms with Gasteiger partial charge in [0.1, 0.15) is 29.5 Å². The molecule has 1 aromatic carbocycles. The highest BCUT2D eigenvalue weighted by Gasteiger charge is 2.62. The van der Waals surface area contributed by atoms with Crippen LogP contribution in [0.2, 0.25) is 0 Å². The third-order valence-electron chi connectivity index (χ3n) is 11.7. The minimum atomic E-state index is -4.91. The predicted molar refractivity (Wildman–Crippen MR) is 204 cm³/mol. The largest absolute Gasteiger partial charge is 0.488 e. The van der Waals surface area contributed by atoms with Gasteiger partial charge < -0.3 is 29.7 Å². The van der Waals surface area contributed by atoms with Crippen LogP contribution in [0.25, 0.3) is 10.8 Å². The van der Waals surface area contributed by atoms with Crippen molar-refractivity contribution in [3.05, 3.63) is 42.6 Å². The van der Waals surface area contributed by atoms with Crippen LogP contribution in [0.5, 0.6) is 11.6 Å². The molecular formula is C40H50F3N5O9S. The Kier molecular flexibility index (Phi) is 11.1. The second-order valence-electron chi connectivity index (χ2n) is 17.1. The molecule has 4 fully saturated rings. The van der Waals surface area contributed by atoms with Crippen molar-refractivity contribution in [1.82, 2.24) is 25.2 Å². The van der Waals surface area contributed by atoms with Gasteiger partial charge in [-0.1, -0.05) is 44.2 Å². The van der Waals surface area contributed by atoms with Crippen molar-refractivity contribution < 1.29 is 55.0 Å². The van der Waals surface area contributed by atoms with Gasteiger partial charge in [0.25, 0.3) is 5.91 Å². The first-order valence-corrected chi connectivity index (χ1v) is 21.4. The van der Waals surface area contributed by atoms with E-state index in [1.54, 1.807) is 31.3 Å². The topological polar surface area (TPSA) is 182 Å². The van der Waals surface area contributed by atoms with Crippen LogP contribution in [0.4, 0.5) is 18.0 Å². The van der Waals surface area contributed by atoms with Crippen LogP contribution in [-0.2, 0) is 29.1 Å². The highest BCUT2D eigenvalue weighted by Crippen LogP contribution is 2.46. The summed E-state index contributed by atoms with van der Waals surface area (Å²) >= 11 is 0. The van der Waals surface area contributed by atoms with E-state index in [4.69, 9.17) is 14.2 Å². The van der Waals surface area contributed by atoms with E-state index < -0.39 is 86.4 Å². The van der Waals surface area contributed by atoms with Crippen molar-refractivity contribution in [3.8, 4) is 11.6 Å². The number of alkyl carbamates (subject to hydrolysis) is 1. The zero-order valence-electron chi connectivity index (χ0n) is 32.8. The number of benzene rings is 1. The summed E-state index contributed by atoms with van der Waals surface area (Å²) in [6.45, 7) is 4.83. The number of allylic oxidation sites excluding steroid dienone is 1. The van der Waals surface area contributed by atoms with Gasteiger partial charge in [-0.25, -0.2) is 18.2 Å². The fourth-order valence-electron chi connectivity index (χ4n) is 7.80. The van der Waals surface area contributed by atoms with Crippen molar-refractivity contribution in [2.24, 2.45) is 17.8 Å². The molecule has 14 nitrogen and oxygen atoms in total. The molecule has 7 rings (SSSR count). The van der Waals surface area contributed by atoms with Crippen LogP contribution < -0.4 is 24.8 Å². The molecule has 5 aliphatic rings. The van der Waals surface area contributed by atoms with Gasteiger partial charge in [-0.3, -0.25) is 19.1 Å². The first-order valence-electron chi connectivity index (χ1n) is 19.9. The maximum Gasteiger partial charge on any atom is 0.427 e. The SMILES string of the molecule is C[C@@H]1CC/C=C\[C@@H]2C[C@@]2(C(=O)NS(=O)(=O)C2CC2)NC(=O)[C@@H]2C[C@@H](Oc3ncc(OC4CC4)c4ccccc34)CN2C(=O)[C@@H](NC(=O)OC(C)(C)C(F)(F)F)[C@H](C)C1. The molecule has 3 aliphatic carbocycles. The molecule has 18 heteroatoms. The van der Waals surface area contributed by atoms with Crippen LogP contribution in [0.15, 0.2) is 42.6 Å². The highest BCUT2D eigenvalue weighted by atomic mass is 32.2. The third-order valence-corrected chi connectivity index (χ3v) is 13.6. The number of pyridine rings is 1. The van der Waals surface area contributed by atoms with E-state index in [0.717, 1.165) is 18.2 Å². The van der Waals surface area contributed by atoms with Crippen LogP contribution in [-0.4, -0.2) is 95.5 Å². The molecule has 1 saturated heterocycles. The van der Waals surface area contributed by atoms with Crippen molar-refractivity contribution in [2.45, 2.75) is 132 Å². The molecule has 3 heterocycles. The lowest BCUT2D eigenvalue weighted by molar-refractivity contribution is -0.244. The van der Waals surface area contributed by atoms with E-state index in [0.29, 0.717) is 57.1 Å². The Morgan fingerprint density at radius 3 is 2.36 bits per heavy atom. The van der Waals surface area contributed by atoms with Gasteiger partial charge in [-0.05, 0) is 83.1 Å². The number of alkyl halides is 3. The van der Waals surface area contributed by atoms with E-state index >= 15 is 0 Å². The maximum absolute atomic E-state index is 14.8. The average Bonchev–Trinajstić information content (AvgIpc) is 4.05. The first-order chi connectivity index (χ1) is 27.3. The molecule has 4 amide bonds. The summed E-state index contributed by atoms with van der Waals surface area (Å²) in [5, 5.41) is 5.86. The summed E-state index contributed by atoms with van der Waals surface area (Å²) in [5.74, 6) is -2.82. The normalized spacial score (nSPS) is 30.2. The minimum Gasteiger partial charge on any atom is -0.488 e. The fourth-order valence-corrected chi connectivity index (χ4v) is 9.16. The number of amides is 4. The van der Waals surface area contributed by atoms with Gasteiger partial charge >= 0.3 is 12.3 Å². The number of hydrogen-bond acceptors (Lipinski definition) is 10. The Morgan fingerprint density at radius 2 is 1.69 bits per heavy atom. The molecule has 3 saturated carbocycles. The summed E-state index contributed by atoms with van der Waals surface area (Å²) < 4.78 is 86.5. The number of fused-ring (bicyclic) bond motifs is 3. The van der Waals surface area contributed by atoms with Crippen molar-refractivity contribution in [2.75, 3.05) is 6.54 Å². The van der Waals surface area contributed by atoms with Crippen molar-refractivity contribution in [3.63, 3.8) is 0 Å². The molecule has 0 spiro atoms. The van der Waals surface area contributed by atoms with E-state index in [2.05, 4.69) is 20.3 Å². The molecule has 58 heavy (non-hydrogen) atoms. The molecule has 7 atom stereocenters. The number of rotatable bonds is 9. The van der Waals surface area contributed by atoms with Crippen LogP contribution in [0.3, 0.4) is 0 Å². The predicted octanol–water partition coefficient (Wildman–Crippen LogP) is 5.06. The van der Waals surface area contributed by atoms with Crippen LogP contribution in [0.1, 0.15) is 85.5 Å². The number of sulfonamides is 1. The summed E-state index contributed by atoms with van der Waals surface area (Å²) in [6, 6.07) is 4.58. The summed E-state index contributed by atoms with van der Waals surface area (Å²) in [6.07, 6.45) is 2.34. The number of carbonyl (C=O) groups is 4. The lowest BCUT2D eigenvalue weighted by atomic mass is 9.88. The van der Waals surface area contributed by atoms with E-state index in [-0.39, 0.29) is 37.3 Å². The number of ether oxygens (including phenoxy) is 3. The first kappa shape index (κ1) is 41.5.